The van der Waals surface area contributed by atoms with Gasteiger partial charge in [-0.25, -0.2) is 0 Å². The van der Waals surface area contributed by atoms with Crippen LogP contribution in [0.2, 0.25) is 0 Å². The summed E-state index contributed by atoms with van der Waals surface area (Å²) in [5, 5.41) is 0. The molecule has 2 heteroatoms. The molecule has 1 saturated carbocycles. The zero-order chi connectivity index (χ0) is 9.97. The van der Waals surface area contributed by atoms with E-state index in [0.717, 1.165) is 37.8 Å². The number of rotatable bonds is 2. The average molecular weight is 195 g/mol. The predicted octanol–water partition coefficient (Wildman–Crippen LogP) is 2.09. The summed E-state index contributed by atoms with van der Waals surface area (Å²) in [6.07, 6.45) is 5.82. The van der Waals surface area contributed by atoms with Crippen molar-refractivity contribution in [3.63, 3.8) is 0 Å². The fraction of sp³-hybridized carbons (Fsp3) is 0.917. The third-order valence-electron chi connectivity index (χ3n) is 3.95. The van der Waals surface area contributed by atoms with E-state index in [9.17, 15) is 4.79 Å². The Morgan fingerprint density at radius 1 is 1.29 bits per heavy atom. The van der Waals surface area contributed by atoms with Crippen LogP contribution in [0.3, 0.4) is 0 Å². The van der Waals surface area contributed by atoms with Gasteiger partial charge >= 0.3 is 0 Å². The first-order valence-electron chi connectivity index (χ1n) is 6.00. The van der Waals surface area contributed by atoms with Crippen LogP contribution >= 0.6 is 0 Å². The van der Waals surface area contributed by atoms with Crippen molar-refractivity contribution in [2.75, 3.05) is 19.6 Å². The highest BCUT2D eigenvalue weighted by molar-refractivity contribution is 5.79. The summed E-state index contributed by atoms with van der Waals surface area (Å²) in [4.78, 5) is 13.6. The Bertz CT molecular complexity index is 204. The van der Waals surface area contributed by atoms with E-state index in [1.54, 1.807) is 0 Å². The van der Waals surface area contributed by atoms with Gasteiger partial charge in [0.25, 0.3) is 0 Å². The molecule has 2 fully saturated rings. The fourth-order valence-corrected chi connectivity index (χ4v) is 2.81. The van der Waals surface area contributed by atoms with E-state index >= 15 is 0 Å². The van der Waals surface area contributed by atoms with Gasteiger partial charge in [0.1, 0.15) is 5.78 Å². The summed E-state index contributed by atoms with van der Waals surface area (Å²) in [6, 6.07) is 0. The van der Waals surface area contributed by atoms with E-state index in [1.165, 1.54) is 25.8 Å². The molecule has 80 valence electrons. The highest BCUT2D eigenvalue weighted by Gasteiger charge is 2.26. The fourth-order valence-electron chi connectivity index (χ4n) is 2.81. The zero-order valence-electron chi connectivity index (χ0n) is 9.17. The number of piperidine rings is 1. The minimum Gasteiger partial charge on any atom is -0.302 e. The first-order chi connectivity index (χ1) is 6.75. The molecule has 2 aliphatic rings. The molecule has 0 amide bonds. The maximum atomic E-state index is 11.1. The summed E-state index contributed by atoms with van der Waals surface area (Å²) in [5.74, 6) is 2.27. The summed E-state index contributed by atoms with van der Waals surface area (Å²) in [7, 11) is 0. The van der Waals surface area contributed by atoms with Crippen molar-refractivity contribution in [2.45, 2.75) is 39.0 Å². The first kappa shape index (κ1) is 10.2. The number of Topliss-reactive ketones (excluding diaryl/α,β-unsaturated/α-hetero) is 1. The molecule has 0 N–H and O–H groups in total. The lowest BCUT2D eigenvalue weighted by Crippen LogP contribution is -2.37. The smallest absolute Gasteiger partial charge is 0.135 e. The average Bonchev–Trinajstić information content (AvgIpc) is 2.56. The summed E-state index contributed by atoms with van der Waals surface area (Å²) >= 11 is 0. The van der Waals surface area contributed by atoms with Gasteiger partial charge in [0.05, 0.1) is 0 Å². The Kier molecular flexibility index (Phi) is 3.22. The van der Waals surface area contributed by atoms with Crippen LogP contribution in [0.15, 0.2) is 0 Å². The van der Waals surface area contributed by atoms with Crippen LogP contribution in [0, 0.1) is 11.8 Å². The van der Waals surface area contributed by atoms with Crippen LogP contribution in [0.4, 0.5) is 0 Å². The highest BCUT2D eigenvalue weighted by atomic mass is 16.1. The van der Waals surface area contributed by atoms with E-state index in [1.807, 2.05) is 0 Å². The summed E-state index contributed by atoms with van der Waals surface area (Å²) < 4.78 is 0. The molecule has 2 rings (SSSR count). The van der Waals surface area contributed by atoms with Gasteiger partial charge in [-0.3, -0.25) is 4.79 Å². The number of ketones is 1. The second-order valence-electron chi connectivity index (χ2n) is 5.01. The summed E-state index contributed by atoms with van der Waals surface area (Å²) in [5.41, 5.74) is 0. The summed E-state index contributed by atoms with van der Waals surface area (Å²) in [6.45, 7) is 5.66. The second-order valence-corrected chi connectivity index (χ2v) is 5.01. The SMILES string of the molecule is CC1CCCC1CN1CCC(=O)CC1. The molecule has 2 atom stereocenters. The van der Waals surface area contributed by atoms with Crippen molar-refractivity contribution in [3.8, 4) is 0 Å². The third-order valence-corrected chi connectivity index (χ3v) is 3.95. The maximum absolute atomic E-state index is 11.1. The molecule has 14 heavy (non-hydrogen) atoms. The van der Waals surface area contributed by atoms with Crippen LogP contribution < -0.4 is 0 Å². The minimum atomic E-state index is 0.459. The van der Waals surface area contributed by atoms with Crippen molar-refractivity contribution in [1.82, 2.24) is 4.90 Å². The Balaban J connectivity index is 1.77. The quantitative estimate of drug-likeness (QED) is 0.672. The third kappa shape index (κ3) is 2.35. The van der Waals surface area contributed by atoms with Crippen molar-refractivity contribution in [3.05, 3.63) is 0 Å². The van der Waals surface area contributed by atoms with Crippen molar-refractivity contribution in [2.24, 2.45) is 11.8 Å². The molecule has 2 nitrogen and oxygen atoms in total. The monoisotopic (exact) mass is 195 g/mol. The molecule has 0 aromatic carbocycles. The molecule has 1 saturated heterocycles. The molecular weight excluding hydrogens is 174 g/mol. The van der Waals surface area contributed by atoms with Gasteiger partial charge in [0, 0.05) is 32.5 Å². The Hall–Kier alpha value is -0.370. The molecular formula is C12H21NO. The Morgan fingerprint density at radius 2 is 2.00 bits per heavy atom. The molecule has 2 unspecified atom stereocenters. The molecule has 1 heterocycles. The highest BCUT2D eigenvalue weighted by Crippen LogP contribution is 2.32. The molecule has 1 aliphatic heterocycles. The molecule has 0 spiro atoms. The van der Waals surface area contributed by atoms with Crippen LogP contribution in [0.5, 0.6) is 0 Å². The van der Waals surface area contributed by atoms with Gasteiger partial charge in [-0.1, -0.05) is 19.8 Å². The number of carbonyl (C=O) groups is 1. The molecule has 0 aromatic rings. The number of likely N-dealkylation sites (tertiary alicyclic amines) is 1. The molecule has 0 aromatic heterocycles. The lowest BCUT2D eigenvalue weighted by atomic mass is 9.96. The second kappa shape index (κ2) is 4.43. The molecule has 0 radical (unpaired) electrons. The van der Waals surface area contributed by atoms with E-state index in [4.69, 9.17) is 0 Å². The minimum absolute atomic E-state index is 0.459. The van der Waals surface area contributed by atoms with Crippen molar-refractivity contribution < 1.29 is 4.79 Å². The number of nitrogens with zero attached hydrogens (tertiary/aromatic N) is 1. The maximum Gasteiger partial charge on any atom is 0.135 e. The van der Waals surface area contributed by atoms with E-state index < -0.39 is 0 Å². The lowest BCUT2D eigenvalue weighted by Gasteiger charge is -2.29. The van der Waals surface area contributed by atoms with Crippen LogP contribution in [0.25, 0.3) is 0 Å². The van der Waals surface area contributed by atoms with Gasteiger partial charge < -0.3 is 4.90 Å². The van der Waals surface area contributed by atoms with Crippen LogP contribution in [-0.4, -0.2) is 30.3 Å². The van der Waals surface area contributed by atoms with Gasteiger partial charge in [-0.15, -0.1) is 0 Å². The van der Waals surface area contributed by atoms with Crippen molar-refractivity contribution in [1.29, 1.82) is 0 Å². The van der Waals surface area contributed by atoms with Crippen LogP contribution in [-0.2, 0) is 4.79 Å². The number of hydrogen-bond donors (Lipinski definition) is 0. The first-order valence-corrected chi connectivity index (χ1v) is 6.00. The zero-order valence-corrected chi connectivity index (χ0v) is 9.17. The van der Waals surface area contributed by atoms with Crippen LogP contribution in [0.1, 0.15) is 39.0 Å². The molecule has 0 bridgehead atoms. The normalized spacial score (nSPS) is 35.1. The Morgan fingerprint density at radius 3 is 2.57 bits per heavy atom. The van der Waals surface area contributed by atoms with Gasteiger partial charge in [0.2, 0.25) is 0 Å². The van der Waals surface area contributed by atoms with E-state index in [2.05, 4.69) is 11.8 Å². The van der Waals surface area contributed by atoms with Gasteiger partial charge in [0.15, 0.2) is 0 Å². The lowest BCUT2D eigenvalue weighted by molar-refractivity contribution is -0.121. The van der Waals surface area contributed by atoms with Gasteiger partial charge in [-0.05, 0) is 18.3 Å². The largest absolute Gasteiger partial charge is 0.302 e. The topological polar surface area (TPSA) is 20.3 Å². The molecule has 1 aliphatic carbocycles. The standard InChI is InChI=1S/C12H21NO/c1-10-3-2-4-11(10)9-13-7-5-12(14)6-8-13/h10-11H,2-9H2,1H3. The Labute approximate surface area is 86.7 Å². The van der Waals surface area contributed by atoms with Crippen molar-refractivity contribution >= 4 is 5.78 Å². The van der Waals surface area contributed by atoms with E-state index in [0.29, 0.717) is 5.78 Å². The number of carbonyl (C=O) groups excluding carboxylic acids is 1. The number of hydrogen-bond acceptors (Lipinski definition) is 2. The van der Waals surface area contributed by atoms with Gasteiger partial charge in [-0.2, -0.15) is 0 Å². The predicted molar refractivity (Wildman–Crippen MR) is 57.2 cm³/mol. The van der Waals surface area contributed by atoms with E-state index in [-0.39, 0.29) is 0 Å².